The van der Waals surface area contributed by atoms with Gasteiger partial charge in [-0.2, -0.15) is 0 Å². The Balaban J connectivity index is 0.000000320. The third kappa shape index (κ3) is 8.58. The molecule has 0 fully saturated rings. The van der Waals surface area contributed by atoms with Gasteiger partial charge in [0.15, 0.2) is 0 Å². The lowest BCUT2D eigenvalue weighted by Gasteiger charge is -2.08. The number of aromatic nitrogens is 1. The number of nitrogens with one attached hydrogen (secondary N) is 2. The Morgan fingerprint density at radius 3 is 2.40 bits per heavy atom. The molecule has 2 N–H and O–H groups in total. The van der Waals surface area contributed by atoms with Crippen molar-refractivity contribution >= 4 is 16.7 Å². The fourth-order valence-electron chi connectivity index (χ4n) is 3.63. The van der Waals surface area contributed by atoms with Crippen molar-refractivity contribution in [3.63, 3.8) is 0 Å². The van der Waals surface area contributed by atoms with Gasteiger partial charge in [0.2, 0.25) is 0 Å². The molecule has 0 saturated heterocycles. The number of benzene rings is 3. The fraction of sp³-hybridized carbons (Fsp3) is 0.241. The highest BCUT2D eigenvalue weighted by Crippen LogP contribution is 2.14. The number of fused-ring (bicyclic) bond motifs is 1. The van der Waals surface area contributed by atoms with Crippen molar-refractivity contribution in [2.45, 2.75) is 33.2 Å². The smallest absolute Gasteiger partial charge is 0.251 e. The lowest BCUT2D eigenvalue weighted by atomic mass is 10.1. The second kappa shape index (κ2) is 13.3. The minimum Gasteiger partial charge on any atom is -0.352 e. The number of hydrogen-bond donors (Lipinski definition) is 2. The Labute approximate surface area is 205 Å². The number of carbonyl (C=O) groups is 1. The first kappa shape index (κ1) is 26.0. The molecule has 35 heavy (non-hydrogen) atoms. The molecule has 0 radical (unpaired) electrons. The first-order chi connectivity index (χ1) is 16.9. The van der Waals surface area contributed by atoms with Crippen LogP contribution in [0.25, 0.3) is 10.8 Å². The fourth-order valence-corrected chi connectivity index (χ4v) is 3.63. The number of rotatable bonds is 8. The Kier molecular flexibility index (Phi) is 9.87. The standard InChI is InChI=1S/C22H25N3O.C7H6F2/c1-2-17-5-3-6-18(13-17)15-23-10-4-11-25-22(26)20-8-7-19-9-12-24-16-21(19)14-20;1-5-2-6(8)4-7(9)3-5/h3,5-9,12-14,16,23H,2,4,10-11,15H2,1H3,(H,25,26);2-4H,1H3. The summed E-state index contributed by atoms with van der Waals surface area (Å²) in [5.41, 5.74) is 3.95. The highest BCUT2D eigenvalue weighted by molar-refractivity contribution is 5.98. The summed E-state index contributed by atoms with van der Waals surface area (Å²) < 4.78 is 24.4. The maximum absolute atomic E-state index is 12.3. The molecule has 0 bridgehead atoms. The number of carbonyl (C=O) groups excluding carboxylic acids is 1. The van der Waals surface area contributed by atoms with Gasteiger partial charge in [-0.15, -0.1) is 0 Å². The molecule has 0 saturated carbocycles. The van der Waals surface area contributed by atoms with Crippen molar-refractivity contribution < 1.29 is 13.6 Å². The number of pyridine rings is 1. The van der Waals surface area contributed by atoms with E-state index in [9.17, 15) is 13.6 Å². The predicted molar refractivity (Wildman–Crippen MR) is 137 cm³/mol. The first-order valence-corrected chi connectivity index (χ1v) is 11.8. The maximum Gasteiger partial charge on any atom is 0.251 e. The Morgan fingerprint density at radius 2 is 1.66 bits per heavy atom. The second-order valence-electron chi connectivity index (χ2n) is 8.34. The molecule has 3 aromatic carbocycles. The zero-order valence-corrected chi connectivity index (χ0v) is 20.2. The van der Waals surface area contributed by atoms with Crippen LogP contribution in [0.5, 0.6) is 0 Å². The van der Waals surface area contributed by atoms with Gasteiger partial charge in [0.1, 0.15) is 11.6 Å². The quantitative estimate of drug-likeness (QED) is 0.308. The molecule has 4 aromatic rings. The van der Waals surface area contributed by atoms with Crippen molar-refractivity contribution in [3.8, 4) is 0 Å². The van der Waals surface area contributed by atoms with Crippen LogP contribution in [0.1, 0.15) is 40.4 Å². The summed E-state index contributed by atoms with van der Waals surface area (Å²) in [4.78, 5) is 16.4. The molecule has 4 rings (SSSR count). The summed E-state index contributed by atoms with van der Waals surface area (Å²) in [5, 5.41) is 8.49. The average Bonchev–Trinajstić information content (AvgIpc) is 2.85. The third-order valence-electron chi connectivity index (χ3n) is 5.45. The highest BCUT2D eigenvalue weighted by Gasteiger charge is 2.05. The summed E-state index contributed by atoms with van der Waals surface area (Å²) in [6, 6.07) is 19.7. The van der Waals surface area contributed by atoms with Gasteiger partial charge in [-0.3, -0.25) is 9.78 Å². The van der Waals surface area contributed by atoms with E-state index in [-0.39, 0.29) is 5.91 Å². The molecule has 0 aliphatic carbocycles. The summed E-state index contributed by atoms with van der Waals surface area (Å²) in [6.07, 6.45) is 5.50. The Bertz CT molecular complexity index is 1210. The molecule has 0 unspecified atom stereocenters. The van der Waals surface area contributed by atoms with Crippen LogP contribution in [-0.4, -0.2) is 24.0 Å². The Hall–Kier alpha value is -3.64. The predicted octanol–water partition coefficient (Wildman–Crippen LogP) is 5.98. The maximum atomic E-state index is 12.3. The molecule has 0 aliphatic heterocycles. The second-order valence-corrected chi connectivity index (χ2v) is 8.34. The summed E-state index contributed by atoms with van der Waals surface area (Å²) in [6.45, 7) is 6.21. The van der Waals surface area contributed by atoms with Crippen LogP contribution in [0.15, 0.2) is 79.1 Å². The lowest BCUT2D eigenvalue weighted by Crippen LogP contribution is -2.27. The van der Waals surface area contributed by atoms with Crippen LogP contribution < -0.4 is 10.6 Å². The molecular formula is C29H31F2N3O. The van der Waals surface area contributed by atoms with E-state index in [1.807, 2.05) is 24.3 Å². The minimum atomic E-state index is -0.521. The van der Waals surface area contributed by atoms with E-state index in [1.54, 1.807) is 19.3 Å². The van der Waals surface area contributed by atoms with Gasteiger partial charge in [-0.25, -0.2) is 8.78 Å². The number of aryl methyl sites for hydroxylation is 2. The van der Waals surface area contributed by atoms with Gasteiger partial charge in [0.05, 0.1) is 0 Å². The normalized spacial score (nSPS) is 10.5. The minimum absolute atomic E-state index is 0.0357. The van der Waals surface area contributed by atoms with Gasteiger partial charge >= 0.3 is 0 Å². The molecule has 1 aromatic heterocycles. The SMILES string of the molecule is CCc1cccc(CNCCCNC(=O)c2ccc3ccncc3c2)c1.Cc1cc(F)cc(F)c1. The molecule has 4 nitrogen and oxygen atoms in total. The van der Waals surface area contributed by atoms with E-state index in [4.69, 9.17) is 0 Å². The molecule has 182 valence electrons. The number of halogens is 2. The van der Waals surface area contributed by atoms with Crippen LogP contribution in [0, 0.1) is 18.6 Å². The molecule has 1 heterocycles. The zero-order valence-electron chi connectivity index (χ0n) is 20.2. The van der Waals surface area contributed by atoms with Crippen molar-refractivity contribution in [3.05, 3.63) is 113 Å². The number of amides is 1. The van der Waals surface area contributed by atoms with E-state index in [2.05, 4.69) is 46.8 Å². The molecule has 6 heteroatoms. The van der Waals surface area contributed by atoms with Crippen LogP contribution in [0.3, 0.4) is 0 Å². The van der Waals surface area contributed by atoms with Gasteiger partial charge in [0.25, 0.3) is 5.91 Å². The largest absolute Gasteiger partial charge is 0.352 e. The van der Waals surface area contributed by atoms with Gasteiger partial charge < -0.3 is 10.6 Å². The topological polar surface area (TPSA) is 54.0 Å². The van der Waals surface area contributed by atoms with E-state index < -0.39 is 11.6 Å². The summed E-state index contributed by atoms with van der Waals surface area (Å²) >= 11 is 0. The third-order valence-corrected chi connectivity index (χ3v) is 5.45. The number of hydrogen-bond acceptors (Lipinski definition) is 3. The van der Waals surface area contributed by atoms with Crippen molar-refractivity contribution in [2.75, 3.05) is 13.1 Å². The van der Waals surface area contributed by atoms with Crippen molar-refractivity contribution in [1.82, 2.24) is 15.6 Å². The van der Waals surface area contributed by atoms with E-state index in [0.29, 0.717) is 17.7 Å². The molecule has 0 spiro atoms. The van der Waals surface area contributed by atoms with Gasteiger partial charge in [-0.1, -0.05) is 37.3 Å². The van der Waals surface area contributed by atoms with Crippen LogP contribution in [0.4, 0.5) is 8.78 Å². The number of nitrogens with zero attached hydrogens (tertiary/aromatic N) is 1. The average molecular weight is 476 g/mol. The molecular weight excluding hydrogens is 444 g/mol. The van der Waals surface area contributed by atoms with Crippen LogP contribution in [0.2, 0.25) is 0 Å². The monoisotopic (exact) mass is 475 g/mol. The van der Waals surface area contributed by atoms with E-state index in [0.717, 1.165) is 42.8 Å². The van der Waals surface area contributed by atoms with Crippen LogP contribution >= 0.6 is 0 Å². The molecule has 1 amide bonds. The van der Waals surface area contributed by atoms with Crippen molar-refractivity contribution in [2.24, 2.45) is 0 Å². The molecule has 0 atom stereocenters. The summed E-state index contributed by atoms with van der Waals surface area (Å²) in [7, 11) is 0. The highest BCUT2D eigenvalue weighted by atomic mass is 19.1. The van der Waals surface area contributed by atoms with Gasteiger partial charge in [-0.05, 0) is 78.7 Å². The lowest BCUT2D eigenvalue weighted by molar-refractivity contribution is 0.0953. The molecule has 0 aliphatic rings. The zero-order chi connectivity index (χ0) is 25.0. The van der Waals surface area contributed by atoms with Crippen LogP contribution in [-0.2, 0) is 13.0 Å². The van der Waals surface area contributed by atoms with Crippen molar-refractivity contribution in [1.29, 1.82) is 0 Å². The van der Waals surface area contributed by atoms with E-state index >= 15 is 0 Å². The first-order valence-electron chi connectivity index (χ1n) is 11.8. The summed E-state index contributed by atoms with van der Waals surface area (Å²) in [5.74, 6) is -1.08. The Morgan fingerprint density at radius 1 is 0.886 bits per heavy atom. The van der Waals surface area contributed by atoms with E-state index in [1.165, 1.54) is 23.3 Å². The van der Waals surface area contributed by atoms with Gasteiger partial charge in [0, 0.05) is 42.5 Å².